The van der Waals surface area contributed by atoms with Crippen LogP contribution in [0.25, 0.3) is 10.3 Å². The Balaban J connectivity index is 1.20. The molecule has 12 nitrogen and oxygen atoms in total. The number of fused-ring (bicyclic) bond motifs is 1. The molecule has 1 unspecified atom stereocenters. The number of anilines is 1. The largest absolute Gasteiger partial charge is 0.528 e. The molecule has 1 saturated heterocycles. The highest BCUT2D eigenvalue weighted by molar-refractivity contribution is 7.89. The quantitative estimate of drug-likeness (QED) is 0.271. The summed E-state index contributed by atoms with van der Waals surface area (Å²) in [6.07, 6.45) is 4.35. The fourth-order valence-corrected chi connectivity index (χ4v) is 7.37. The molecule has 3 aromatic rings. The number of hydrogen-bond donors (Lipinski definition) is 2. The second-order valence-electron chi connectivity index (χ2n) is 12.3. The van der Waals surface area contributed by atoms with Crippen molar-refractivity contribution < 1.29 is 32.3 Å². The molecule has 1 aliphatic heterocycles. The highest BCUT2D eigenvalue weighted by atomic mass is 32.2. The number of carbonyl (C=O) groups is 2. The van der Waals surface area contributed by atoms with E-state index in [2.05, 4.69) is 20.0 Å². The van der Waals surface area contributed by atoms with Crippen molar-refractivity contribution in [3.05, 3.63) is 42.0 Å². The van der Waals surface area contributed by atoms with E-state index in [1.165, 1.54) is 16.4 Å². The van der Waals surface area contributed by atoms with Crippen LogP contribution in [-0.4, -0.2) is 67.9 Å². The molecule has 0 bridgehead atoms. The van der Waals surface area contributed by atoms with E-state index in [4.69, 9.17) is 14.3 Å². The van der Waals surface area contributed by atoms with Crippen LogP contribution in [0.2, 0.25) is 0 Å². The minimum atomic E-state index is -3.78. The maximum atomic E-state index is 13.6. The number of hydroxylamine groups is 2. The van der Waals surface area contributed by atoms with Crippen LogP contribution in [0.15, 0.2) is 41.3 Å². The van der Waals surface area contributed by atoms with Crippen molar-refractivity contribution in [1.82, 2.24) is 19.8 Å². The van der Waals surface area contributed by atoms with Crippen LogP contribution >= 0.6 is 11.3 Å². The number of nitrogens with zero attached hydrogens (tertiary/aromatic N) is 3. The van der Waals surface area contributed by atoms with Crippen molar-refractivity contribution in [2.45, 2.75) is 69.3 Å². The Morgan fingerprint density at radius 3 is 2.41 bits per heavy atom. The Hall–Kier alpha value is -3.33. The lowest BCUT2D eigenvalue weighted by Gasteiger charge is -2.37. The van der Waals surface area contributed by atoms with Crippen molar-refractivity contribution >= 4 is 48.9 Å². The number of aromatic nitrogens is 2. The summed E-state index contributed by atoms with van der Waals surface area (Å²) in [5, 5.41) is 4.87. The molecular formula is C30H39N5O7S2. The third-order valence-electron chi connectivity index (χ3n) is 7.70. The number of sulfonamides is 1. The van der Waals surface area contributed by atoms with Gasteiger partial charge in [-0.15, -0.1) is 5.06 Å². The molecule has 1 atom stereocenters. The maximum Gasteiger partial charge on any atom is 0.528 e. The van der Waals surface area contributed by atoms with Gasteiger partial charge in [0.15, 0.2) is 5.13 Å². The van der Waals surface area contributed by atoms with Crippen molar-refractivity contribution in [2.75, 3.05) is 32.1 Å². The molecule has 5 rings (SSSR count). The molecule has 1 saturated carbocycles. The number of rotatable bonds is 11. The van der Waals surface area contributed by atoms with Crippen LogP contribution in [0.1, 0.15) is 64.4 Å². The topological polar surface area (TPSA) is 149 Å². The Labute approximate surface area is 261 Å². The smallest absolute Gasteiger partial charge is 0.481 e. The minimum Gasteiger partial charge on any atom is -0.481 e. The van der Waals surface area contributed by atoms with Gasteiger partial charge in [0.2, 0.25) is 21.8 Å². The summed E-state index contributed by atoms with van der Waals surface area (Å²) in [5.41, 5.74) is 0.768. The molecule has 1 aromatic carbocycles. The Morgan fingerprint density at radius 2 is 1.75 bits per heavy atom. The highest BCUT2D eigenvalue weighted by Crippen LogP contribution is 2.36. The molecule has 2 aromatic heterocycles. The van der Waals surface area contributed by atoms with Gasteiger partial charge in [-0.05, 0) is 56.9 Å². The number of ether oxygens (including phenoxy) is 2. The van der Waals surface area contributed by atoms with Crippen molar-refractivity contribution in [3.8, 4) is 5.88 Å². The van der Waals surface area contributed by atoms with Gasteiger partial charge in [0.1, 0.15) is 15.9 Å². The number of thiazole rings is 1. The van der Waals surface area contributed by atoms with Gasteiger partial charge in [0.05, 0.1) is 17.9 Å². The third kappa shape index (κ3) is 8.23. The summed E-state index contributed by atoms with van der Waals surface area (Å²) in [4.78, 5) is 40.2. The Bertz CT molecular complexity index is 1580. The third-order valence-corrected chi connectivity index (χ3v) is 10.0. The van der Waals surface area contributed by atoms with E-state index in [9.17, 15) is 18.0 Å². The van der Waals surface area contributed by atoms with Crippen molar-refractivity contribution in [1.29, 1.82) is 0 Å². The molecule has 2 aliphatic rings. The standard InChI is InChI=1S/C30H39N5O7S2/c1-30(2,3)41-29(37)42-35-17-20(18-35)16-31-44(38,39)22-11-9-21(10-12-22)23(15-19-7-5-6-8-19)26(36)34-28-32-24-13-14-25(40-4)33-27(24)43-28/h9-14,19-20,23,31H,5-8,15-18H2,1-4H3,(H,32,34,36). The van der Waals surface area contributed by atoms with Gasteiger partial charge >= 0.3 is 6.16 Å². The Morgan fingerprint density at radius 1 is 1.05 bits per heavy atom. The zero-order valence-electron chi connectivity index (χ0n) is 25.4. The van der Waals surface area contributed by atoms with Gasteiger partial charge < -0.3 is 19.6 Å². The van der Waals surface area contributed by atoms with Gasteiger partial charge in [-0.1, -0.05) is 49.2 Å². The number of amides is 1. The summed E-state index contributed by atoms with van der Waals surface area (Å²) in [6, 6.07) is 10.0. The lowest BCUT2D eigenvalue weighted by atomic mass is 9.87. The van der Waals surface area contributed by atoms with Crippen LogP contribution in [-0.2, 0) is 24.4 Å². The van der Waals surface area contributed by atoms with Crippen LogP contribution in [0.5, 0.6) is 5.88 Å². The number of hydrogen-bond acceptors (Lipinski definition) is 11. The Kier molecular flexibility index (Phi) is 9.73. The number of nitrogens with one attached hydrogen (secondary N) is 2. The monoisotopic (exact) mass is 645 g/mol. The molecule has 44 heavy (non-hydrogen) atoms. The molecule has 2 N–H and O–H groups in total. The fourth-order valence-electron chi connectivity index (χ4n) is 5.42. The lowest BCUT2D eigenvalue weighted by molar-refractivity contribution is -0.194. The first kappa shape index (κ1) is 32.1. The summed E-state index contributed by atoms with van der Waals surface area (Å²) < 4.78 is 39.0. The number of benzene rings is 1. The van der Waals surface area contributed by atoms with Crippen molar-refractivity contribution in [2.24, 2.45) is 11.8 Å². The molecule has 1 aliphatic carbocycles. The second-order valence-corrected chi connectivity index (χ2v) is 15.1. The van der Waals surface area contributed by atoms with Gasteiger partial charge in [-0.2, -0.15) is 0 Å². The molecule has 2 fully saturated rings. The minimum absolute atomic E-state index is 0.00947. The molecule has 0 radical (unpaired) electrons. The van der Waals surface area contributed by atoms with Gasteiger partial charge in [0, 0.05) is 31.6 Å². The van der Waals surface area contributed by atoms with Crippen molar-refractivity contribution in [3.63, 3.8) is 0 Å². The predicted molar refractivity (Wildman–Crippen MR) is 166 cm³/mol. The summed E-state index contributed by atoms with van der Waals surface area (Å²) in [7, 11) is -2.23. The first-order valence-electron chi connectivity index (χ1n) is 14.8. The summed E-state index contributed by atoms with van der Waals surface area (Å²) >= 11 is 1.28. The zero-order chi connectivity index (χ0) is 31.5. The van der Waals surface area contributed by atoms with Crippen LogP contribution in [0.3, 0.4) is 0 Å². The van der Waals surface area contributed by atoms with Crippen LogP contribution in [0.4, 0.5) is 9.93 Å². The molecule has 0 spiro atoms. The highest BCUT2D eigenvalue weighted by Gasteiger charge is 2.33. The van der Waals surface area contributed by atoms with E-state index in [1.54, 1.807) is 64.3 Å². The lowest BCUT2D eigenvalue weighted by Crippen LogP contribution is -2.52. The van der Waals surface area contributed by atoms with Gasteiger partial charge in [-0.25, -0.2) is 27.9 Å². The molecule has 238 valence electrons. The molecule has 1 amide bonds. The zero-order valence-corrected chi connectivity index (χ0v) is 27.0. The van der Waals surface area contributed by atoms with E-state index in [0.717, 1.165) is 31.2 Å². The fraction of sp³-hybridized carbons (Fsp3) is 0.533. The SMILES string of the molecule is COc1ccc2nc(NC(=O)C(CC3CCCC3)c3ccc(S(=O)(=O)NCC4CN(OC(=O)OC(C)(C)C)C4)cc3)sc2n1. The second kappa shape index (κ2) is 13.3. The molecule has 3 heterocycles. The van der Waals surface area contributed by atoms with E-state index >= 15 is 0 Å². The predicted octanol–water partition coefficient (Wildman–Crippen LogP) is 5.08. The van der Waals surface area contributed by atoms with Gasteiger partial charge in [0.25, 0.3) is 0 Å². The maximum absolute atomic E-state index is 13.6. The van der Waals surface area contributed by atoms with Crippen LogP contribution in [0, 0.1) is 11.8 Å². The summed E-state index contributed by atoms with van der Waals surface area (Å²) in [5.74, 6) is 0.260. The first-order chi connectivity index (χ1) is 20.9. The van der Waals surface area contributed by atoms with E-state index in [0.29, 0.717) is 46.8 Å². The normalized spacial score (nSPS) is 17.3. The summed E-state index contributed by atoms with van der Waals surface area (Å²) in [6.45, 7) is 6.25. The van der Waals surface area contributed by atoms with Gasteiger partial charge in [-0.3, -0.25) is 4.79 Å². The first-order valence-corrected chi connectivity index (χ1v) is 17.1. The van der Waals surface area contributed by atoms with Crippen LogP contribution < -0.4 is 14.8 Å². The van der Waals surface area contributed by atoms with E-state index in [-0.39, 0.29) is 23.3 Å². The average molecular weight is 646 g/mol. The molecule has 14 heteroatoms. The van der Waals surface area contributed by atoms with E-state index in [1.807, 2.05) is 0 Å². The van der Waals surface area contributed by atoms with E-state index < -0.39 is 27.7 Å². The number of pyridine rings is 1. The average Bonchev–Trinajstić information content (AvgIpc) is 3.60. The number of carbonyl (C=O) groups excluding carboxylic acids is 2. The molecular weight excluding hydrogens is 606 g/mol. The number of methoxy groups -OCH3 is 1.